The molecule has 2 nitrogen and oxygen atoms in total. The second kappa shape index (κ2) is 7.72. The van der Waals surface area contributed by atoms with E-state index in [1.54, 1.807) is 12.1 Å². The summed E-state index contributed by atoms with van der Waals surface area (Å²) in [5.74, 6) is 0.222. The van der Waals surface area contributed by atoms with Crippen molar-refractivity contribution >= 4 is 34.2 Å². The summed E-state index contributed by atoms with van der Waals surface area (Å²) in [5.41, 5.74) is 3.98. The summed E-state index contributed by atoms with van der Waals surface area (Å²) in [4.78, 5) is 19.5. The number of rotatable bonds is 2. The third-order valence-electron chi connectivity index (χ3n) is 2.50. The first-order valence-corrected chi connectivity index (χ1v) is 6.30. The SMILES string of the molecule is Cc1ccc(-c2ccc(C(=O)Cl)cc2)cc1.O=CCl. The molecule has 0 unspecified atom stereocenters. The minimum absolute atomic E-state index is 0.222. The predicted molar refractivity (Wildman–Crippen MR) is 79.4 cm³/mol. The summed E-state index contributed by atoms with van der Waals surface area (Å²) in [6.07, 6.45) is 0. The van der Waals surface area contributed by atoms with Gasteiger partial charge in [-0.3, -0.25) is 9.59 Å². The lowest BCUT2D eigenvalue weighted by Crippen LogP contribution is -1.87. The van der Waals surface area contributed by atoms with Gasteiger partial charge in [0.15, 0.2) is 0 Å². The molecule has 0 aromatic heterocycles. The van der Waals surface area contributed by atoms with Gasteiger partial charge in [0.2, 0.25) is 5.75 Å². The standard InChI is InChI=1S/C14H11ClO.CHClO/c1-10-2-4-11(5-3-10)12-6-8-13(9-7-12)14(15)16;2-1-3/h2-9H,1H3;1H. The molecule has 0 saturated carbocycles. The molecule has 0 amide bonds. The van der Waals surface area contributed by atoms with Gasteiger partial charge in [-0.2, -0.15) is 0 Å². The van der Waals surface area contributed by atoms with Gasteiger partial charge in [0.25, 0.3) is 5.24 Å². The zero-order valence-corrected chi connectivity index (χ0v) is 11.8. The van der Waals surface area contributed by atoms with Gasteiger partial charge in [-0.15, -0.1) is 0 Å². The minimum atomic E-state index is -0.421. The van der Waals surface area contributed by atoms with Gasteiger partial charge in [-0.05, 0) is 53.4 Å². The van der Waals surface area contributed by atoms with E-state index < -0.39 is 5.24 Å². The van der Waals surface area contributed by atoms with Crippen LogP contribution in [0.25, 0.3) is 11.1 Å². The zero-order valence-electron chi connectivity index (χ0n) is 10.3. The number of benzene rings is 2. The normalized spacial score (nSPS) is 9.21. The quantitative estimate of drug-likeness (QED) is 0.605. The van der Waals surface area contributed by atoms with E-state index in [1.807, 2.05) is 12.1 Å². The average molecular weight is 295 g/mol. The molecule has 4 heteroatoms. The second-order valence-corrected chi connectivity index (χ2v) is 4.33. The van der Waals surface area contributed by atoms with Crippen molar-refractivity contribution in [2.45, 2.75) is 6.92 Å². The van der Waals surface area contributed by atoms with Gasteiger partial charge in [0, 0.05) is 5.56 Å². The third-order valence-corrected chi connectivity index (χ3v) is 2.71. The smallest absolute Gasteiger partial charge is 0.252 e. The lowest BCUT2D eigenvalue weighted by atomic mass is 10.0. The molecule has 0 radical (unpaired) electrons. The molecule has 0 aliphatic rings. The van der Waals surface area contributed by atoms with E-state index in [-0.39, 0.29) is 5.75 Å². The molecule has 0 aliphatic heterocycles. The van der Waals surface area contributed by atoms with Crippen LogP contribution >= 0.6 is 23.2 Å². The maximum absolute atomic E-state index is 10.9. The Kier molecular flexibility index (Phi) is 6.26. The van der Waals surface area contributed by atoms with Gasteiger partial charge >= 0.3 is 0 Å². The molecule has 98 valence electrons. The maximum Gasteiger partial charge on any atom is 0.252 e. The van der Waals surface area contributed by atoms with Crippen LogP contribution in [0.1, 0.15) is 15.9 Å². The van der Waals surface area contributed by atoms with Crippen LogP contribution in [0.3, 0.4) is 0 Å². The Hall–Kier alpha value is -1.64. The lowest BCUT2D eigenvalue weighted by Gasteiger charge is -2.02. The lowest BCUT2D eigenvalue weighted by molar-refractivity contribution is 0.108. The number of carbonyl (C=O) groups excluding carboxylic acids is 2. The van der Waals surface area contributed by atoms with E-state index in [0.29, 0.717) is 5.56 Å². The molecule has 19 heavy (non-hydrogen) atoms. The van der Waals surface area contributed by atoms with Crippen molar-refractivity contribution in [2.75, 3.05) is 0 Å². The van der Waals surface area contributed by atoms with Crippen LogP contribution in [0.15, 0.2) is 48.5 Å². The van der Waals surface area contributed by atoms with E-state index in [2.05, 4.69) is 42.8 Å². The topological polar surface area (TPSA) is 34.1 Å². The number of hydrogen-bond acceptors (Lipinski definition) is 2. The van der Waals surface area contributed by atoms with E-state index in [0.717, 1.165) is 11.1 Å². The molecule has 0 bridgehead atoms. The molecule has 0 saturated heterocycles. The van der Waals surface area contributed by atoms with Crippen molar-refractivity contribution in [3.8, 4) is 11.1 Å². The number of aryl methyl sites for hydroxylation is 1. The van der Waals surface area contributed by atoms with Crippen LogP contribution in [0.5, 0.6) is 0 Å². The van der Waals surface area contributed by atoms with Gasteiger partial charge in [-0.25, -0.2) is 0 Å². The molecule has 0 spiro atoms. The first kappa shape index (κ1) is 15.4. The molecular weight excluding hydrogens is 283 g/mol. The fourth-order valence-electron chi connectivity index (χ4n) is 1.54. The summed E-state index contributed by atoms with van der Waals surface area (Å²) >= 11 is 9.70. The van der Waals surface area contributed by atoms with Crippen molar-refractivity contribution in [1.29, 1.82) is 0 Å². The molecule has 0 heterocycles. The molecule has 0 fully saturated rings. The minimum Gasteiger partial charge on any atom is -0.285 e. The van der Waals surface area contributed by atoms with Gasteiger partial charge in [0.05, 0.1) is 0 Å². The zero-order chi connectivity index (χ0) is 14.3. The predicted octanol–water partition coefficient (Wildman–Crippen LogP) is 4.46. The Morgan fingerprint density at radius 1 is 0.947 bits per heavy atom. The number of carbonyl (C=O) groups is 2. The Morgan fingerprint density at radius 3 is 1.68 bits per heavy atom. The summed E-state index contributed by atoms with van der Waals surface area (Å²) in [7, 11) is 0. The van der Waals surface area contributed by atoms with Crippen LogP contribution < -0.4 is 0 Å². The largest absolute Gasteiger partial charge is 0.285 e. The van der Waals surface area contributed by atoms with Crippen molar-refractivity contribution in [3.63, 3.8) is 0 Å². The monoisotopic (exact) mass is 294 g/mol. The van der Waals surface area contributed by atoms with Crippen molar-refractivity contribution < 1.29 is 9.59 Å². The molecule has 0 atom stereocenters. The van der Waals surface area contributed by atoms with Crippen molar-refractivity contribution in [1.82, 2.24) is 0 Å². The van der Waals surface area contributed by atoms with E-state index in [1.165, 1.54) is 5.56 Å². The van der Waals surface area contributed by atoms with Gasteiger partial charge < -0.3 is 0 Å². The second-order valence-electron chi connectivity index (χ2n) is 3.81. The van der Waals surface area contributed by atoms with E-state index >= 15 is 0 Å². The highest BCUT2D eigenvalue weighted by molar-refractivity contribution is 6.67. The van der Waals surface area contributed by atoms with Crippen LogP contribution in [0.2, 0.25) is 0 Å². The van der Waals surface area contributed by atoms with Crippen LogP contribution in [-0.4, -0.2) is 11.0 Å². The highest BCUT2D eigenvalue weighted by Crippen LogP contribution is 2.20. The Labute approximate surface area is 122 Å². The first-order valence-electron chi connectivity index (χ1n) is 5.49. The Morgan fingerprint density at radius 2 is 1.32 bits per heavy atom. The van der Waals surface area contributed by atoms with Crippen LogP contribution in [0.4, 0.5) is 0 Å². The highest BCUT2D eigenvalue weighted by Gasteiger charge is 2.02. The molecule has 2 rings (SSSR count). The fraction of sp³-hybridized carbons (Fsp3) is 0.0667. The molecule has 2 aromatic rings. The first-order chi connectivity index (χ1) is 9.08. The average Bonchev–Trinajstić information content (AvgIpc) is 2.41. The number of halogens is 2. The van der Waals surface area contributed by atoms with Crippen molar-refractivity contribution in [3.05, 3.63) is 59.7 Å². The molecular formula is C15H12Cl2O2. The molecule has 0 N–H and O–H groups in total. The highest BCUT2D eigenvalue weighted by atomic mass is 35.5. The van der Waals surface area contributed by atoms with Crippen LogP contribution in [0, 0.1) is 6.92 Å². The van der Waals surface area contributed by atoms with Crippen molar-refractivity contribution in [2.24, 2.45) is 0 Å². The summed E-state index contributed by atoms with van der Waals surface area (Å²) in [6, 6.07) is 15.5. The summed E-state index contributed by atoms with van der Waals surface area (Å²) in [6.45, 7) is 2.05. The van der Waals surface area contributed by atoms with E-state index in [9.17, 15) is 4.79 Å². The Bertz CT molecular complexity index is 545. The maximum atomic E-state index is 10.9. The third kappa shape index (κ3) is 4.86. The molecule has 2 aromatic carbocycles. The summed E-state index contributed by atoms with van der Waals surface area (Å²) < 4.78 is 0. The fourth-order valence-corrected chi connectivity index (χ4v) is 1.67. The van der Waals surface area contributed by atoms with E-state index in [4.69, 9.17) is 16.4 Å². The summed E-state index contributed by atoms with van der Waals surface area (Å²) in [5, 5.41) is -0.421. The number of hydrogen-bond donors (Lipinski definition) is 0. The van der Waals surface area contributed by atoms with Gasteiger partial charge in [0.1, 0.15) is 0 Å². The Balaban J connectivity index is 0.000000550. The molecule has 0 aliphatic carbocycles. The van der Waals surface area contributed by atoms with Crippen LogP contribution in [-0.2, 0) is 4.79 Å². The van der Waals surface area contributed by atoms with Gasteiger partial charge in [-0.1, -0.05) is 42.0 Å².